The van der Waals surface area contributed by atoms with Crippen LogP contribution in [0, 0.1) is 6.92 Å². The molecule has 1 rings (SSSR count). The van der Waals surface area contributed by atoms with Gasteiger partial charge in [0.2, 0.25) is 0 Å². The van der Waals surface area contributed by atoms with Gasteiger partial charge >= 0.3 is 0 Å². The molecule has 4 nitrogen and oxygen atoms in total. The van der Waals surface area contributed by atoms with Gasteiger partial charge < -0.3 is 15.4 Å². The number of nitrogens with zero attached hydrogens (tertiary/aromatic N) is 2. The van der Waals surface area contributed by atoms with Crippen molar-refractivity contribution >= 4 is 5.82 Å². The summed E-state index contributed by atoms with van der Waals surface area (Å²) in [6, 6.07) is 1.99. The van der Waals surface area contributed by atoms with E-state index in [1.54, 1.807) is 7.11 Å². The first-order chi connectivity index (χ1) is 7.70. The Morgan fingerprint density at radius 3 is 2.88 bits per heavy atom. The molecule has 0 bridgehead atoms. The van der Waals surface area contributed by atoms with Crippen molar-refractivity contribution in [3.8, 4) is 0 Å². The number of ether oxygens (including phenoxy) is 1. The van der Waals surface area contributed by atoms with Gasteiger partial charge in [0.1, 0.15) is 5.82 Å². The summed E-state index contributed by atoms with van der Waals surface area (Å²) in [7, 11) is 3.76. The average Bonchev–Trinajstić information content (AvgIpc) is 2.29. The maximum absolute atomic E-state index is 5.75. The zero-order valence-corrected chi connectivity index (χ0v) is 10.4. The van der Waals surface area contributed by atoms with E-state index in [0.29, 0.717) is 6.54 Å². The van der Waals surface area contributed by atoms with Crippen LogP contribution >= 0.6 is 0 Å². The molecule has 2 N–H and O–H groups in total. The van der Waals surface area contributed by atoms with Crippen LogP contribution in [0.1, 0.15) is 17.5 Å². The second-order valence-corrected chi connectivity index (χ2v) is 3.90. The van der Waals surface area contributed by atoms with E-state index in [0.717, 1.165) is 31.0 Å². The molecule has 0 unspecified atom stereocenters. The van der Waals surface area contributed by atoms with E-state index in [2.05, 4.69) is 16.8 Å². The first kappa shape index (κ1) is 12.9. The van der Waals surface area contributed by atoms with Crippen molar-refractivity contribution in [1.82, 2.24) is 4.98 Å². The number of hydrogen-bond donors (Lipinski definition) is 1. The van der Waals surface area contributed by atoms with E-state index in [4.69, 9.17) is 10.5 Å². The quantitative estimate of drug-likeness (QED) is 0.739. The lowest BCUT2D eigenvalue weighted by atomic mass is 10.1. The van der Waals surface area contributed by atoms with E-state index in [9.17, 15) is 0 Å². The number of aryl methyl sites for hydroxylation is 1. The number of anilines is 1. The fraction of sp³-hybridized carbons (Fsp3) is 0.583. The SMILES string of the molecule is COCCCN(C)c1nccc(C)c1CN. The molecule has 1 heterocycles. The highest BCUT2D eigenvalue weighted by atomic mass is 16.5. The lowest BCUT2D eigenvalue weighted by molar-refractivity contribution is 0.196. The van der Waals surface area contributed by atoms with Crippen LogP contribution < -0.4 is 10.6 Å². The van der Waals surface area contributed by atoms with Crippen LogP contribution in [0.3, 0.4) is 0 Å². The van der Waals surface area contributed by atoms with Crippen molar-refractivity contribution < 1.29 is 4.74 Å². The van der Waals surface area contributed by atoms with E-state index in [1.165, 1.54) is 5.56 Å². The normalized spacial score (nSPS) is 10.5. The van der Waals surface area contributed by atoms with Crippen LogP contribution in [-0.4, -0.2) is 32.3 Å². The molecule has 0 fully saturated rings. The highest BCUT2D eigenvalue weighted by Gasteiger charge is 2.09. The van der Waals surface area contributed by atoms with Gasteiger partial charge in [-0.3, -0.25) is 0 Å². The molecule has 0 spiro atoms. The minimum atomic E-state index is 0.531. The first-order valence-corrected chi connectivity index (χ1v) is 5.55. The summed E-state index contributed by atoms with van der Waals surface area (Å²) in [5.41, 5.74) is 8.08. The minimum Gasteiger partial charge on any atom is -0.385 e. The molecular formula is C12H21N3O. The van der Waals surface area contributed by atoms with Crippen LogP contribution in [0.2, 0.25) is 0 Å². The third-order valence-electron chi connectivity index (χ3n) is 2.67. The maximum atomic E-state index is 5.75. The molecular weight excluding hydrogens is 202 g/mol. The predicted molar refractivity (Wildman–Crippen MR) is 66.6 cm³/mol. The number of aromatic nitrogens is 1. The van der Waals surface area contributed by atoms with Crippen molar-refractivity contribution in [1.29, 1.82) is 0 Å². The molecule has 0 aliphatic rings. The summed E-state index contributed by atoms with van der Waals surface area (Å²) in [4.78, 5) is 6.53. The van der Waals surface area contributed by atoms with Gasteiger partial charge in [-0.05, 0) is 25.0 Å². The van der Waals surface area contributed by atoms with E-state index >= 15 is 0 Å². The molecule has 0 aliphatic carbocycles. The molecule has 0 aliphatic heterocycles. The fourth-order valence-electron chi connectivity index (χ4n) is 1.71. The van der Waals surface area contributed by atoms with Gasteiger partial charge in [0.25, 0.3) is 0 Å². The fourth-order valence-corrected chi connectivity index (χ4v) is 1.71. The Morgan fingerprint density at radius 1 is 1.50 bits per heavy atom. The minimum absolute atomic E-state index is 0.531. The number of rotatable bonds is 6. The Morgan fingerprint density at radius 2 is 2.25 bits per heavy atom. The van der Waals surface area contributed by atoms with Crippen LogP contribution in [0.15, 0.2) is 12.3 Å². The smallest absolute Gasteiger partial charge is 0.133 e. The Kier molecular flexibility index (Phi) is 5.22. The van der Waals surface area contributed by atoms with Crippen molar-refractivity contribution in [2.24, 2.45) is 5.73 Å². The summed E-state index contributed by atoms with van der Waals surface area (Å²) in [6.07, 6.45) is 2.82. The Hall–Kier alpha value is -1.13. The summed E-state index contributed by atoms with van der Waals surface area (Å²) in [5, 5.41) is 0. The molecule has 1 aromatic rings. The molecule has 0 saturated carbocycles. The summed E-state index contributed by atoms with van der Waals surface area (Å²) < 4.78 is 5.04. The van der Waals surface area contributed by atoms with Crippen LogP contribution in [-0.2, 0) is 11.3 Å². The van der Waals surface area contributed by atoms with Gasteiger partial charge in [-0.1, -0.05) is 0 Å². The van der Waals surface area contributed by atoms with E-state index in [-0.39, 0.29) is 0 Å². The monoisotopic (exact) mass is 223 g/mol. The third kappa shape index (κ3) is 3.18. The van der Waals surface area contributed by atoms with Gasteiger partial charge in [0, 0.05) is 45.6 Å². The average molecular weight is 223 g/mol. The molecule has 16 heavy (non-hydrogen) atoms. The Labute approximate surface area is 97.4 Å². The highest BCUT2D eigenvalue weighted by molar-refractivity contribution is 5.49. The second-order valence-electron chi connectivity index (χ2n) is 3.90. The van der Waals surface area contributed by atoms with Crippen LogP contribution in [0.5, 0.6) is 0 Å². The number of methoxy groups -OCH3 is 1. The lowest BCUT2D eigenvalue weighted by Crippen LogP contribution is -2.23. The van der Waals surface area contributed by atoms with E-state index < -0.39 is 0 Å². The molecule has 4 heteroatoms. The largest absolute Gasteiger partial charge is 0.385 e. The number of hydrogen-bond acceptors (Lipinski definition) is 4. The number of nitrogens with two attached hydrogens (primary N) is 1. The first-order valence-electron chi connectivity index (χ1n) is 5.55. The summed E-state index contributed by atoms with van der Waals surface area (Å²) in [5.74, 6) is 0.985. The van der Waals surface area contributed by atoms with Crippen LogP contribution in [0.25, 0.3) is 0 Å². The second kappa shape index (κ2) is 6.45. The third-order valence-corrected chi connectivity index (χ3v) is 2.67. The summed E-state index contributed by atoms with van der Waals surface area (Å²) in [6.45, 7) is 4.30. The van der Waals surface area contributed by atoms with Crippen LogP contribution in [0.4, 0.5) is 5.82 Å². The summed E-state index contributed by atoms with van der Waals surface area (Å²) >= 11 is 0. The molecule has 0 amide bonds. The molecule has 90 valence electrons. The maximum Gasteiger partial charge on any atom is 0.133 e. The van der Waals surface area contributed by atoms with Crippen molar-refractivity contribution in [3.05, 3.63) is 23.4 Å². The van der Waals surface area contributed by atoms with Crippen molar-refractivity contribution in [2.75, 3.05) is 32.2 Å². The predicted octanol–water partition coefficient (Wildman–Crippen LogP) is 1.32. The van der Waals surface area contributed by atoms with E-state index in [1.807, 2.05) is 19.3 Å². The molecule has 0 saturated heterocycles. The van der Waals surface area contributed by atoms with Gasteiger partial charge in [-0.2, -0.15) is 0 Å². The Bertz CT molecular complexity index is 328. The standard InChI is InChI=1S/C12H21N3O/c1-10-5-6-14-12(11(10)9-13)15(2)7-4-8-16-3/h5-6H,4,7-9,13H2,1-3H3. The lowest BCUT2D eigenvalue weighted by Gasteiger charge is -2.21. The zero-order chi connectivity index (χ0) is 12.0. The van der Waals surface area contributed by atoms with Gasteiger partial charge in [0.15, 0.2) is 0 Å². The molecule has 0 aromatic carbocycles. The Balaban J connectivity index is 2.74. The van der Waals surface area contributed by atoms with Gasteiger partial charge in [-0.15, -0.1) is 0 Å². The molecule has 0 atom stereocenters. The van der Waals surface area contributed by atoms with Crippen molar-refractivity contribution in [2.45, 2.75) is 19.9 Å². The highest BCUT2D eigenvalue weighted by Crippen LogP contribution is 2.19. The topological polar surface area (TPSA) is 51.4 Å². The number of pyridine rings is 1. The van der Waals surface area contributed by atoms with Crippen molar-refractivity contribution in [3.63, 3.8) is 0 Å². The molecule has 0 radical (unpaired) electrons. The zero-order valence-electron chi connectivity index (χ0n) is 10.4. The molecule has 1 aromatic heterocycles. The van der Waals surface area contributed by atoms with Gasteiger partial charge in [0.05, 0.1) is 0 Å². The van der Waals surface area contributed by atoms with Gasteiger partial charge in [-0.25, -0.2) is 4.98 Å².